The summed E-state index contributed by atoms with van der Waals surface area (Å²) >= 11 is 0. The van der Waals surface area contributed by atoms with Gasteiger partial charge in [0.15, 0.2) is 0 Å². The van der Waals surface area contributed by atoms with Crippen molar-refractivity contribution in [3.05, 3.63) is 59.2 Å². The van der Waals surface area contributed by atoms with E-state index in [1.165, 1.54) is 17.2 Å². The molecule has 0 bridgehead atoms. The number of benzene rings is 2. The zero-order valence-corrected chi connectivity index (χ0v) is 12.4. The lowest BCUT2D eigenvalue weighted by molar-refractivity contribution is 0.591. The zero-order valence-electron chi connectivity index (χ0n) is 12.4. The number of rotatable bonds is 2. The van der Waals surface area contributed by atoms with E-state index < -0.39 is 0 Å². The molecule has 0 spiro atoms. The van der Waals surface area contributed by atoms with Crippen LogP contribution in [0.4, 0.5) is 4.39 Å². The fraction of sp³-hybridized carbons (Fsp3) is 0.235. The highest BCUT2D eigenvalue weighted by molar-refractivity contribution is 5.79. The van der Waals surface area contributed by atoms with Crippen molar-refractivity contribution < 1.29 is 4.39 Å². The minimum atomic E-state index is -0.384. The van der Waals surface area contributed by atoms with Crippen molar-refractivity contribution in [1.29, 1.82) is 0 Å². The number of hydrogen-bond acceptors (Lipinski definition) is 2. The fourth-order valence-electron chi connectivity index (χ4n) is 2.64. The van der Waals surface area contributed by atoms with Crippen LogP contribution in [0.2, 0.25) is 0 Å². The van der Waals surface area contributed by atoms with Gasteiger partial charge < -0.3 is 5.73 Å². The van der Waals surface area contributed by atoms with E-state index in [4.69, 9.17) is 5.73 Å². The second kappa shape index (κ2) is 4.97. The molecular weight excluding hydrogens is 265 g/mol. The maximum atomic E-state index is 14.1. The quantitative estimate of drug-likeness (QED) is 0.777. The largest absolute Gasteiger partial charge is 0.324 e. The van der Waals surface area contributed by atoms with Gasteiger partial charge in [-0.25, -0.2) is 9.37 Å². The Morgan fingerprint density at radius 3 is 2.62 bits per heavy atom. The van der Waals surface area contributed by atoms with E-state index in [9.17, 15) is 4.39 Å². The van der Waals surface area contributed by atoms with Gasteiger partial charge in [-0.2, -0.15) is 0 Å². The van der Waals surface area contributed by atoms with Crippen LogP contribution in [0.15, 0.2) is 36.7 Å². The van der Waals surface area contributed by atoms with Crippen molar-refractivity contribution in [2.75, 3.05) is 0 Å². The molecule has 4 heteroatoms. The maximum Gasteiger partial charge on any atom is 0.130 e. The summed E-state index contributed by atoms with van der Waals surface area (Å²) in [6.07, 6.45) is 1.73. The topological polar surface area (TPSA) is 43.8 Å². The highest BCUT2D eigenvalue weighted by atomic mass is 19.1. The number of halogens is 1. The van der Waals surface area contributed by atoms with Crippen LogP contribution in [-0.2, 0) is 0 Å². The highest BCUT2D eigenvalue weighted by Gasteiger charge is 2.16. The van der Waals surface area contributed by atoms with E-state index in [-0.39, 0.29) is 11.9 Å². The molecule has 0 aliphatic rings. The van der Waals surface area contributed by atoms with Crippen molar-refractivity contribution in [2.45, 2.75) is 26.8 Å². The van der Waals surface area contributed by atoms with Crippen molar-refractivity contribution in [2.24, 2.45) is 5.73 Å². The van der Waals surface area contributed by atoms with Crippen molar-refractivity contribution in [3.8, 4) is 5.69 Å². The summed E-state index contributed by atoms with van der Waals surface area (Å²) in [5, 5.41) is 0. The molecule has 0 radical (unpaired) electrons. The number of fused-ring (bicyclic) bond motifs is 1. The molecule has 3 nitrogen and oxygen atoms in total. The molecule has 0 aliphatic heterocycles. The van der Waals surface area contributed by atoms with Gasteiger partial charge in [-0.3, -0.25) is 4.57 Å². The number of nitrogens with zero attached hydrogens (tertiary/aromatic N) is 2. The van der Waals surface area contributed by atoms with Gasteiger partial charge in [0, 0.05) is 11.6 Å². The molecule has 108 valence electrons. The Morgan fingerprint density at radius 2 is 1.90 bits per heavy atom. The van der Waals surface area contributed by atoms with Crippen LogP contribution < -0.4 is 5.73 Å². The van der Waals surface area contributed by atoms with Crippen LogP contribution in [0.1, 0.15) is 29.7 Å². The molecule has 0 saturated heterocycles. The van der Waals surface area contributed by atoms with Crippen LogP contribution in [0.3, 0.4) is 0 Å². The van der Waals surface area contributed by atoms with E-state index in [1.54, 1.807) is 19.3 Å². The summed E-state index contributed by atoms with van der Waals surface area (Å²) < 4.78 is 16.0. The summed E-state index contributed by atoms with van der Waals surface area (Å²) in [7, 11) is 0. The second-order valence-corrected chi connectivity index (χ2v) is 5.50. The van der Waals surface area contributed by atoms with Gasteiger partial charge >= 0.3 is 0 Å². The third-order valence-electron chi connectivity index (χ3n) is 3.91. The summed E-state index contributed by atoms with van der Waals surface area (Å²) in [6.45, 7) is 5.91. The first-order valence-corrected chi connectivity index (χ1v) is 6.97. The molecule has 0 aliphatic carbocycles. The van der Waals surface area contributed by atoms with E-state index in [0.717, 1.165) is 16.7 Å². The van der Waals surface area contributed by atoms with Gasteiger partial charge in [0.25, 0.3) is 0 Å². The third-order valence-corrected chi connectivity index (χ3v) is 3.91. The molecule has 21 heavy (non-hydrogen) atoms. The Hall–Kier alpha value is -2.20. The van der Waals surface area contributed by atoms with Gasteiger partial charge in [0.2, 0.25) is 0 Å². The zero-order chi connectivity index (χ0) is 15.1. The normalized spacial score (nSPS) is 12.8. The lowest BCUT2D eigenvalue weighted by Crippen LogP contribution is -2.12. The predicted octanol–water partition coefficient (Wildman–Crippen LogP) is 3.80. The smallest absolute Gasteiger partial charge is 0.130 e. The molecule has 0 fully saturated rings. The second-order valence-electron chi connectivity index (χ2n) is 5.50. The highest BCUT2D eigenvalue weighted by Crippen LogP contribution is 2.27. The van der Waals surface area contributed by atoms with Gasteiger partial charge in [-0.1, -0.05) is 6.07 Å². The molecule has 1 heterocycles. The van der Waals surface area contributed by atoms with Crippen LogP contribution >= 0.6 is 0 Å². The maximum absolute atomic E-state index is 14.1. The van der Waals surface area contributed by atoms with E-state index in [0.29, 0.717) is 5.56 Å². The first-order chi connectivity index (χ1) is 9.99. The average molecular weight is 283 g/mol. The first-order valence-electron chi connectivity index (χ1n) is 6.97. The Labute approximate surface area is 123 Å². The van der Waals surface area contributed by atoms with Gasteiger partial charge in [0.1, 0.15) is 12.1 Å². The molecule has 0 amide bonds. The van der Waals surface area contributed by atoms with Gasteiger partial charge in [-0.15, -0.1) is 0 Å². The van der Waals surface area contributed by atoms with Crippen LogP contribution in [0.25, 0.3) is 16.7 Å². The van der Waals surface area contributed by atoms with Gasteiger partial charge in [-0.05, 0) is 56.2 Å². The first kappa shape index (κ1) is 13.8. The summed E-state index contributed by atoms with van der Waals surface area (Å²) in [6, 6.07) is 8.75. The van der Waals surface area contributed by atoms with E-state index in [1.807, 2.05) is 16.7 Å². The minimum absolute atomic E-state index is 0.284. The Kier molecular flexibility index (Phi) is 3.26. The number of hydrogen-bond donors (Lipinski definition) is 1. The SMILES string of the molecule is Cc1cc2ncn(-c3cccc(F)c3C(C)N)c2cc1C. The molecule has 3 aromatic rings. The fourth-order valence-corrected chi connectivity index (χ4v) is 2.64. The Morgan fingerprint density at radius 1 is 1.19 bits per heavy atom. The lowest BCUT2D eigenvalue weighted by atomic mass is 10.1. The summed E-state index contributed by atoms with van der Waals surface area (Å²) in [5.41, 5.74) is 11.4. The Balaban J connectivity index is 2.31. The van der Waals surface area contributed by atoms with E-state index in [2.05, 4.69) is 24.9 Å². The lowest BCUT2D eigenvalue weighted by Gasteiger charge is -2.15. The van der Waals surface area contributed by atoms with Crippen molar-refractivity contribution in [3.63, 3.8) is 0 Å². The molecule has 2 aromatic carbocycles. The molecule has 1 aromatic heterocycles. The molecular formula is C17H18FN3. The van der Waals surface area contributed by atoms with E-state index >= 15 is 0 Å². The molecule has 1 atom stereocenters. The number of aromatic nitrogens is 2. The summed E-state index contributed by atoms with van der Waals surface area (Å²) in [5.74, 6) is -0.284. The number of imidazole rings is 1. The molecule has 2 N–H and O–H groups in total. The average Bonchev–Trinajstić information content (AvgIpc) is 2.81. The third kappa shape index (κ3) is 2.21. The number of nitrogens with two attached hydrogens (primary N) is 1. The van der Waals surface area contributed by atoms with Gasteiger partial charge in [0.05, 0.1) is 16.7 Å². The van der Waals surface area contributed by atoms with Crippen molar-refractivity contribution >= 4 is 11.0 Å². The van der Waals surface area contributed by atoms with Crippen LogP contribution in [0, 0.1) is 19.7 Å². The standard InChI is InChI=1S/C17H18FN3/c1-10-7-14-16(8-11(10)2)21(9-20-14)15-6-4-5-13(18)17(15)12(3)19/h4-9,12H,19H2,1-3H3. The monoisotopic (exact) mass is 283 g/mol. The van der Waals surface area contributed by atoms with Crippen LogP contribution in [0.5, 0.6) is 0 Å². The molecule has 3 rings (SSSR count). The summed E-state index contributed by atoms with van der Waals surface area (Å²) in [4.78, 5) is 4.43. The molecule has 0 saturated carbocycles. The van der Waals surface area contributed by atoms with Crippen molar-refractivity contribution in [1.82, 2.24) is 9.55 Å². The minimum Gasteiger partial charge on any atom is -0.324 e. The predicted molar refractivity (Wildman–Crippen MR) is 83.1 cm³/mol. The molecule has 1 unspecified atom stereocenters. The Bertz CT molecular complexity index is 818. The van der Waals surface area contributed by atoms with Crippen LogP contribution in [-0.4, -0.2) is 9.55 Å². The number of aryl methyl sites for hydroxylation is 2.